The largest absolute Gasteiger partial charge is 0.561 e. The van der Waals surface area contributed by atoms with E-state index in [0.717, 1.165) is 36.8 Å². The van der Waals surface area contributed by atoms with Gasteiger partial charge in [-0.05, 0) is 88.8 Å². The predicted molar refractivity (Wildman–Crippen MR) is 249 cm³/mol. The topological polar surface area (TPSA) is 243 Å². The van der Waals surface area contributed by atoms with Crippen molar-refractivity contribution in [1.29, 1.82) is 0 Å². The monoisotopic (exact) mass is 975 g/mol. The Labute approximate surface area is 401 Å². The summed E-state index contributed by atoms with van der Waals surface area (Å²) in [6.45, 7) is 14.6. The quantitative estimate of drug-likeness (QED) is 0.0278. The van der Waals surface area contributed by atoms with Crippen LogP contribution in [0.15, 0.2) is 87.2 Å². The Balaban J connectivity index is 0.000000257. The van der Waals surface area contributed by atoms with Gasteiger partial charge in [0.15, 0.2) is 11.5 Å². The van der Waals surface area contributed by atoms with Gasteiger partial charge in [-0.3, -0.25) is 28.8 Å². The molecule has 0 atom stereocenters. The number of esters is 1. The second kappa shape index (κ2) is 26.4. The molecule has 20 heteroatoms. The molecular weight excluding hydrogens is 925 g/mol. The van der Waals surface area contributed by atoms with E-state index in [1.165, 1.54) is 21.3 Å². The molecule has 2 saturated carbocycles. The van der Waals surface area contributed by atoms with Crippen molar-refractivity contribution in [2.75, 3.05) is 26.4 Å². The number of Topliss-reactive ketones (excluding diaryl/α,β-unsaturated/α-hetero) is 2. The van der Waals surface area contributed by atoms with Crippen molar-refractivity contribution in [3.8, 4) is 11.5 Å². The van der Waals surface area contributed by atoms with Crippen LogP contribution >= 0.6 is 23.2 Å². The van der Waals surface area contributed by atoms with E-state index in [1.807, 2.05) is 13.8 Å². The van der Waals surface area contributed by atoms with Gasteiger partial charge in [0, 0.05) is 47.5 Å². The third-order valence-corrected chi connectivity index (χ3v) is 10.9. The van der Waals surface area contributed by atoms with Gasteiger partial charge in [-0.15, -0.1) is 0 Å². The van der Waals surface area contributed by atoms with Crippen molar-refractivity contribution in [2.24, 2.45) is 11.8 Å². The molecule has 0 saturated heterocycles. The lowest BCUT2D eigenvalue weighted by molar-refractivity contribution is -0.119. The zero-order valence-electron chi connectivity index (χ0n) is 37.8. The molecule has 2 fully saturated rings. The van der Waals surface area contributed by atoms with Crippen molar-refractivity contribution >= 4 is 52.6 Å². The first-order valence-electron chi connectivity index (χ1n) is 21.4. The van der Waals surface area contributed by atoms with Gasteiger partial charge in [0.05, 0.1) is 42.8 Å². The van der Waals surface area contributed by atoms with Crippen LogP contribution in [0.2, 0.25) is 10.0 Å². The number of benzene rings is 2. The van der Waals surface area contributed by atoms with Gasteiger partial charge >= 0.3 is 12.1 Å². The van der Waals surface area contributed by atoms with E-state index in [9.17, 15) is 33.6 Å². The summed E-state index contributed by atoms with van der Waals surface area (Å²) in [7, 11) is 0. The lowest BCUT2D eigenvalue weighted by Crippen LogP contribution is -2.21. The minimum atomic E-state index is -0.831. The number of amides is 1. The molecule has 3 N–H and O–H groups in total. The number of aryl methyl sites for hydroxylation is 2. The van der Waals surface area contributed by atoms with Crippen LogP contribution in [0, 0.1) is 26.3 Å². The second-order valence-corrected chi connectivity index (χ2v) is 15.8. The van der Waals surface area contributed by atoms with E-state index in [1.54, 1.807) is 74.8 Å². The summed E-state index contributed by atoms with van der Waals surface area (Å²) in [4.78, 5) is 86.1. The van der Waals surface area contributed by atoms with Gasteiger partial charge in [0.25, 0.3) is 11.1 Å². The van der Waals surface area contributed by atoms with Gasteiger partial charge < -0.3 is 37.8 Å². The fourth-order valence-electron chi connectivity index (χ4n) is 6.41. The summed E-state index contributed by atoms with van der Waals surface area (Å²) in [6, 6.07) is 16.5. The number of hydrogen-bond acceptors (Lipinski definition) is 15. The molecule has 0 bridgehead atoms. The molecule has 2 aromatic carbocycles. The molecule has 0 spiro atoms. The van der Waals surface area contributed by atoms with E-state index < -0.39 is 17.8 Å². The first kappa shape index (κ1) is 53.7. The minimum Gasteiger partial charge on any atom is -0.490 e. The number of nitrogens with zero attached hydrogens (tertiary/aromatic N) is 4. The number of nitrogens with two attached hydrogens (primary N) is 1. The molecule has 3 aromatic heterocycles. The molecule has 3 heterocycles. The van der Waals surface area contributed by atoms with Gasteiger partial charge in [-0.25, -0.2) is 10.7 Å². The minimum absolute atomic E-state index is 0.0161. The molecule has 68 heavy (non-hydrogen) atoms. The van der Waals surface area contributed by atoms with Crippen molar-refractivity contribution in [1.82, 2.24) is 14.3 Å². The number of halogens is 2. The van der Waals surface area contributed by atoms with Gasteiger partial charge in [-0.1, -0.05) is 52.6 Å². The molecule has 0 aliphatic heterocycles. The molecule has 7 rings (SSSR count). The zero-order valence-corrected chi connectivity index (χ0v) is 39.3. The number of carbonyl (C=O) groups is 5. The summed E-state index contributed by atoms with van der Waals surface area (Å²) in [5.74, 6) is 3.24. The maximum atomic E-state index is 13.5. The van der Waals surface area contributed by atoms with Crippen LogP contribution in [0.25, 0.3) is 4.85 Å². The number of ether oxygens (including phenoxy) is 4. The standard InChI is InChI=1S/C24H23ClN2O6.C20H20ClNO4.C4H5NO2.H3NO/c1-3-31-24(30)20-18(23(33-26-20)15-8-9-15)21(29)16-10-7-14(2)22(19(16)25)32-13-12-27-11-5-4-6-17(27)28;1-13-5-8-15(17(24)12-16(23)14-6-7-14)19(21)20(13)26-11-10-22-9-3-2-4-18(22)25;1-3-7-4(6)5-2;1-2/h4-7,10-11,15H,3,8-9,12-13H2,1-2H3;2-5,8-9,14H,6-7,10-12H2,1H3;3H2,1H3;2H,1H2. The molecule has 360 valence electrons. The highest BCUT2D eigenvalue weighted by Gasteiger charge is 2.38. The van der Waals surface area contributed by atoms with Crippen LogP contribution in [0.5, 0.6) is 11.5 Å². The molecule has 0 unspecified atom stereocenters. The Morgan fingerprint density at radius 3 is 1.75 bits per heavy atom. The first-order valence-corrected chi connectivity index (χ1v) is 22.2. The van der Waals surface area contributed by atoms with Crippen LogP contribution in [0.1, 0.15) is 106 Å². The Hall–Kier alpha value is -6.91. The summed E-state index contributed by atoms with van der Waals surface area (Å²) in [5, 5.41) is 10.7. The molecule has 5 aromatic rings. The molecule has 2 aliphatic carbocycles. The van der Waals surface area contributed by atoms with Crippen molar-refractivity contribution in [3.05, 3.63) is 154 Å². The van der Waals surface area contributed by atoms with E-state index in [2.05, 4.69) is 20.6 Å². The predicted octanol–water partition coefficient (Wildman–Crippen LogP) is 8.00. The van der Waals surface area contributed by atoms with E-state index >= 15 is 0 Å². The Morgan fingerprint density at radius 2 is 1.29 bits per heavy atom. The number of carbonyl (C=O) groups excluding carboxylic acids is 5. The lowest BCUT2D eigenvalue weighted by Gasteiger charge is -2.14. The smallest absolute Gasteiger partial charge is 0.490 e. The average Bonchev–Trinajstić information content (AvgIpc) is 4.29. The molecule has 2 aliphatic rings. The molecule has 0 radical (unpaired) electrons. The van der Waals surface area contributed by atoms with E-state index in [4.69, 9.17) is 53.7 Å². The van der Waals surface area contributed by atoms with Crippen LogP contribution in [-0.4, -0.2) is 75.3 Å². The number of ketones is 3. The molecular formula is C48H51Cl2N5O13. The fraction of sp³-hybridized carbons (Fsp3) is 0.354. The third kappa shape index (κ3) is 14.8. The Morgan fingerprint density at radius 1 is 0.779 bits per heavy atom. The maximum absolute atomic E-state index is 13.5. The molecule has 1 amide bonds. The van der Waals surface area contributed by atoms with Gasteiger partial charge in [0.2, 0.25) is 11.5 Å². The summed E-state index contributed by atoms with van der Waals surface area (Å²) >= 11 is 13.0. The first-order chi connectivity index (χ1) is 32.7. The van der Waals surface area contributed by atoms with Crippen molar-refractivity contribution in [2.45, 2.75) is 78.8 Å². The van der Waals surface area contributed by atoms with Crippen LogP contribution in [0.3, 0.4) is 0 Å². The SMILES string of the molecule is CCOC(=O)c1noc(C2CC2)c1C(=O)c1ccc(C)c(OCCn2ccccc2=O)c1Cl.Cc1ccc(C(=O)CC(=O)C2CC2)c(Cl)c1OCCn1ccccc1=O.NO.[C-]#[N+]C(=O)OCC. The lowest BCUT2D eigenvalue weighted by atomic mass is 9.98. The second-order valence-electron chi connectivity index (χ2n) is 15.1. The third-order valence-electron chi connectivity index (χ3n) is 10.2. The highest BCUT2D eigenvalue weighted by Crippen LogP contribution is 2.44. The maximum Gasteiger partial charge on any atom is 0.561 e. The highest BCUT2D eigenvalue weighted by molar-refractivity contribution is 6.37. The van der Waals surface area contributed by atoms with Crippen LogP contribution < -0.4 is 26.5 Å². The summed E-state index contributed by atoms with van der Waals surface area (Å²) in [6.07, 6.45) is 5.86. The summed E-state index contributed by atoms with van der Waals surface area (Å²) < 4.78 is 29.3. The average molecular weight is 977 g/mol. The molecule has 18 nitrogen and oxygen atoms in total. The van der Waals surface area contributed by atoms with Crippen LogP contribution in [0.4, 0.5) is 4.79 Å². The van der Waals surface area contributed by atoms with E-state index in [0.29, 0.717) is 35.9 Å². The van der Waals surface area contributed by atoms with Crippen LogP contribution in [-0.2, 0) is 27.4 Å². The number of hydrogen-bond donors (Lipinski definition) is 2. The summed E-state index contributed by atoms with van der Waals surface area (Å²) in [5.41, 5.74) is 1.69. The Kier molecular flexibility index (Phi) is 20.9. The van der Waals surface area contributed by atoms with Gasteiger partial charge in [-0.2, -0.15) is 4.85 Å². The number of pyridine rings is 2. The van der Waals surface area contributed by atoms with E-state index in [-0.39, 0.29) is 94.2 Å². The normalized spacial score (nSPS) is 12.3. The fourth-order valence-corrected chi connectivity index (χ4v) is 7.14. The van der Waals surface area contributed by atoms with Crippen molar-refractivity contribution < 1.29 is 52.7 Å². The van der Waals surface area contributed by atoms with Crippen molar-refractivity contribution in [3.63, 3.8) is 0 Å². The number of aromatic nitrogens is 3. The Bertz CT molecular complexity index is 2750. The zero-order chi connectivity index (χ0) is 49.9. The highest BCUT2D eigenvalue weighted by atomic mass is 35.5. The van der Waals surface area contributed by atoms with Gasteiger partial charge in [0.1, 0.15) is 42.6 Å². The number of rotatable bonds is 18.